The maximum atomic E-state index is 12.6. The molecule has 2 heterocycles. The van der Waals surface area contributed by atoms with Gasteiger partial charge in [0.1, 0.15) is 5.03 Å². The lowest BCUT2D eigenvalue weighted by Crippen LogP contribution is -2.38. The van der Waals surface area contributed by atoms with Crippen LogP contribution in [-0.2, 0) is 20.7 Å². The zero-order valence-corrected chi connectivity index (χ0v) is 17.2. The molecule has 0 spiro atoms. The Hall–Kier alpha value is -3.53. The van der Waals surface area contributed by atoms with Crippen LogP contribution in [0.25, 0.3) is 11.0 Å². The van der Waals surface area contributed by atoms with Gasteiger partial charge in [-0.3, -0.25) is 24.7 Å². The second-order valence-corrected chi connectivity index (χ2v) is 7.86. The van der Waals surface area contributed by atoms with E-state index in [0.717, 1.165) is 16.6 Å². The van der Waals surface area contributed by atoms with Crippen molar-refractivity contribution >= 4 is 46.0 Å². The number of carbonyl (C=O) groups excluding carboxylic acids is 2. The summed E-state index contributed by atoms with van der Waals surface area (Å²) < 4.78 is 5.14. The van der Waals surface area contributed by atoms with Crippen LogP contribution in [0.1, 0.15) is 12.0 Å². The van der Waals surface area contributed by atoms with Crippen molar-refractivity contribution in [3.8, 4) is 0 Å². The molecule has 158 valence electrons. The zero-order chi connectivity index (χ0) is 21.8. The highest BCUT2D eigenvalue weighted by Crippen LogP contribution is 2.30. The minimum atomic E-state index is -0.533. The smallest absolute Gasteiger partial charge is 0.316 e. The Morgan fingerprint density at radius 1 is 1.19 bits per heavy atom. The monoisotopic (exact) mass is 438 g/mol. The van der Waals surface area contributed by atoms with Gasteiger partial charge >= 0.3 is 5.97 Å². The molecule has 0 fully saturated rings. The normalized spacial score (nSPS) is 13.0. The number of thioether (sulfide) groups is 1. The van der Waals surface area contributed by atoms with E-state index in [1.807, 2.05) is 24.3 Å². The lowest BCUT2D eigenvalue weighted by Gasteiger charge is -2.29. The lowest BCUT2D eigenvalue weighted by atomic mass is 10.0. The third kappa shape index (κ3) is 4.80. The Morgan fingerprint density at radius 2 is 2.00 bits per heavy atom. The summed E-state index contributed by atoms with van der Waals surface area (Å²) in [5.74, 6) is -0.892. The molecule has 0 aliphatic carbocycles. The largest absolute Gasteiger partial charge is 0.455 e. The van der Waals surface area contributed by atoms with Gasteiger partial charge in [-0.2, -0.15) is 0 Å². The summed E-state index contributed by atoms with van der Waals surface area (Å²) >= 11 is 1.19. The van der Waals surface area contributed by atoms with Gasteiger partial charge in [0.2, 0.25) is 0 Å². The van der Waals surface area contributed by atoms with Crippen LogP contribution >= 0.6 is 11.8 Å². The van der Waals surface area contributed by atoms with Crippen molar-refractivity contribution in [2.75, 3.05) is 23.8 Å². The van der Waals surface area contributed by atoms with E-state index in [1.54, 1.807) is 12.3 Å². The molecule has 1 aliphatic heterocycles. The standard InChI is InChI=1S/C21H18N4O5S/c26-20(24-9-3-4-14-10-15(25(28)29)7-8-18(14)24)12-30-21(27)13-31-19-11-22-16-5-1-2-6-17(16)23-19/h1-2,5-8,10-11H,3-4,9,12-13H2. The highest BCUT2D eigenvalue weighted by Gasteiger charge is 2.25. The molecular formula is C21H18N4O5S. The molecule has 0 atom stereocenters. The number of aryl methyl sites for hydroxylation is 1. The predicted octanol–water partition coefficient (Wildman–Crippen LogP) is 3.15. The molecule has 0 bridgehead atoms. The molecule has 10 heteroatoms. The molecule has 4 rings (SSSR count). The average molecular weight is 438 g/mol. The van der Waals surface area contributed by atoms with Crippen molar-refractivity contribution in [2.24, 2.45) is 0 Å². The second-order valence-electron chi connectivity index (χ2n) is 6.87. The van der Waals surface area contributed by atoms with Gasteiger partial charge in [0.15, 0.2) is 6.61 Å². The number of hydrogen-bond acceptors (Lipinski definition) is 8. The average Bonchev–Trinajstić information content (AvgIpc) is 2.80. The number of anilines is 1. The maximum absolute atomic E-state index is 12.6. The fraction of sp³-hybridized carbons (Fsp3) is 0.238. The third-order valence-corrected chi connectivity index (χ3v) is 5.69. The maximum Gasteiger partial charge on any atom is 0.316 e. The molecule has 2 aromatic carbocycles. The number of rotatable bonds is 6. The van der Waals surface area contributed by atoms with E-state index >= 15 is 0 Å². The third-order valence-electron chi connectivity index (χ3n) is 4.81. The summed E-state index contributed by atoms with van der Waals surface area (Å²) in [4.78, 5) is 45.4. The van der Waals surface area contributed by atoms with Gasteiger partial charge in [-0.1, -0.05) is 23.9 Å². The van der Waals surface area contributed by atoms with Crippen LogP contribution in [0.5, 0.6) is 0 Å². The molecule has 1 aromatic heterocycles. The van der Waals surface area contributed by atoms with Crippen LogP contribution in [-0.4, -0.2) is 45.7 Å². The summed E-state index contributed by atoms with van der Waals surface area (Å²) in [6.07, 6.45) is 2.93. The number of amides is 1. The van der Waals surface area contributed by atoms with Crippen molar-refractivity contribution in [3.05, 3.63) is 64.3 Å². The summed E-state index contributed by atoms with van der Waals surface area (Å²) in [6, 6.07) is 11.9. The van der Waals surface area contributed by atoms with Gasteiger partial charge in [0, 0.05) is 24.4 Å². The lowest BCUT2D eigenvalue weighted by molar-refractivity contribution is -0.384. The Morgan fingerprint density at radius 3 is 2.81 bits per heavy atom. The number of ether oxygens (including phenoxy) is 1. The first-order chi connectivity index (χ1) is 15.0. The number of fused-ring (bicyclic) bond motifs is 2. The molecular weight excluding hydrogens is 420 g/mol. The molecule has 9 nitrogen and oxygen atoms in total. The first-order valence-electron chi connectivity index (χ1n) is 9.59. The van der Waals surface area contributed by atoms with Crippen LogP contribution in [0.2, 0.25) is 0 Å². The van der Waals surface area contributed by atoms with Crippen LogP contribution in [0, 0.1) is 10.1 Å². The molecule has 1 aliphatic rings. The zero-order valence-electron chi connectivity index (χ0n) is 16.4. The number of benzene rings is 2. The van der Waals surface area contributed by atoms with Crippen molar-refractivity contribution in [3.63, 3.8) is 0 Å². The highest BCUT2D eigenvalue weighted by molar-refractivity contribution is 7.99. The molecule has 0 unspecified atom stereocenters. The van der Waals surface area contributed by atoms with Crippen molar-refractivity contribution in [1.82, 2.24) is 9.97 Å². The summed E-state index contributed by atoms with van der Waals surface area (Å²) in [7, 11) is 0. The summed E-state index contributed by atoms with van der Waals surface area (Å²) in [5, 5.41) is 11.6. The first kappa shape index (κ1) is 20.7. The minimum absolute atomic E-state index is 0.00306. The van der Waals surface area contributed by atoms with E-state index in [2.05, 4.69) is 9.97 Å². The van der Waals surface area contributed by atoms with Crippen LogP contribution in [0.4, 0.5) is 11.4 Å². The predicted molar refractivity (Wildman–Crippen MR) is 115 cm³/mol. The Kier molecular flexibility index (Phi) is 6.08. The highest BCUT2D eigenvalue weighted by atomic mass is 32.2. The number of non-ortho nitro benzene ring substituents is 1. The summed E-state index contributed by atoms with van der Waals surface area (Å²) in [6.45, 7) is 0.0852. The molecule has 1 amide bonds. The molecule has 0 radical (unpaired) electrons. The Labute approximate surface area is 181 Å². The number of esters is 1. The number of hydrogen-bond donors (Lipinski definition) is 0. The van der Waals surface area contributed by atoms with Gasteiger partial charge in [0.05, 0.1) is 27.9 Å². The van der Waals surface area contributed by atoms with Crippen LogP contribution in [0.15, 0.2) is 53.7 Å². The van der Waals surface area contributed by atoms with E-state index in [-0.39, 0.29) is 24.0 Å². The Bertz CT molecular complexity index is 1170. The fourth-order valence-electron chi connectivity index (χ4n) is 3.36. The van der Waals surface area contributed by atoms with Crippen molar-refractivity contribution < 1.29 is 19.2 Å². The number of nitrogens with zero attached hydrogens (tertiary/aromatic N) is 4. The van der Waals surface area contributed by atoms with E-state index in [0.29, 0.717) is 30.1 Å². The number of nitro benzene ring substituents is 1. The number of carbonyl (C=O) groups is 2. The topological polar surface area (TPSA) is 116 Å². The van der Waals surface area contributed by atoms with E-state index in [1.165, 1.54) is 28.8 Å². The second kappa shape index (κ2) is 9.09. The molecule has 0 saturated carbocycles. The van der Waals surface area contributed by atoms with Crippen LogP contribution in [0.3, 0.4) is 0 Å². The number of aromatic nitrogens is 2. The van der Waals surface area contributed by atoms with Gasteiger partial charge in [-0.05, 0) is 36.6 Å². The fourth-order valence-corrected chi connectivity index (χ4v) is 4.00. The van der Waals surface area contributed by atoms with E-state index < -0.39 is 10.9 Å². The number of nitro groups is 1. The minimum Gasteiger partial charge on any atom is -0.455 e. The SMILES string of the molecule is O=C(CSc1cnc2ccccc2n1)OCC(=O)N1CCCc2cc([N+](=O)[O-])ccc21. The molecule has 0 saturated heterocycles. The molecule has 0 N–H and O–H groups in total. The quantitative estimate of drug-likeness (QED) is 0.249. The van der Waals surface area contributed by atoms with E-state index in [9.17, 15) is 19.7 Å². The number of para-hydroxylation sites is 2. The molecule has 31 heavy (non-hydrogen) atoms. The summed E-state index contributed by atoms with van der Waals surface area (Å²) in [5.41, 5.74) is 2.87. The van der Waals surface area contributed by atoms with Crippen LogP contribution < -0.4 is 4.90 Å². The van der Waals surface area contributed by atoms with Gasteiger partial charge in [0.25, 0.3) is 11.6 Å². The first-order valence-corrected chi connectivity index (χ1v) is 10.6. The Balaban J connectivity index is 1.32. The van der Waals surface area contributed by atoms with Crippen molar-refractivity contribution in [2.45, 2.75) is 17.9 Å². The van der Waals surface area contributed by atoms with Crippen molar-refractivity contribution in [1.29, 1.82) is 0 Å². The molecule has 3 aromatic rings. The van der Waals surface area contributed by atoms with Gasteiger partial charge in [-0.25, -0.2) is 4.98 Å². The van der Waals surface area contributed by atoms with Gasteiger partial charge in [-0.15, -0.1) is 0 Å². The van der Waals surface area contributed by atoms with E-state index in [4.69, 9.17) is 4.74 Å². The van der Waals surface area contributed by atoms with Gasteiger partial charge < -0.3 is 9.64 Å².